The summed E-state index contributed by atoms with van der Waals surface area (Å²) >= 11 is 0. The summed E-state index contributed by atoms with van der Waals surface area (Å²) in [7, 11) is 1.68. The molecule has 4 aromatic rings. The number of methoxy groups -OCH3 is 1. The first kappa shape index (κ1) is 15.3. The number of aromatic nitrogens is 2. The van der Waals surface area contributed by atoms with Crippen LogP contribution in [0.2, 0.25) is 0 Å². The molecule has 4 rings (SSSR count). The van der Waals surface area contributed by atoms with Crippen LogP contribution in [0.1, 0.15) is 5.56 Å². The summed E-state index contributed by atoms with van der Waals surface area (Å²) in [5.41, 5.74) is 5.45. The summed E-state index contributed by atoms with van der Waals surface area (Å²) in [6, 6.07) is 24.6. The summed E-state index contributed by atoms with van der Waals surface area (Å²) < 4.78 is 7.29. The Morgan fingerprint density at radius 1 is 0.960 bits per heavy atom. The topological polar surface area (TPSA) is 39.1 Å². The maximum absolute atomic E-state index is 5.19. The molecule has 1 aromatic heterocycles. The molecule has 0 atom stereocenters. The maximum Gasteiger partial charge on any atom is 0.118 e. The predicted molar refractivity (Wildman–Crippen MR) is 101 cm³/mol. The van der Waals surface area contributed by atoms with Gasteiger partial charge in [0.1, 0.15) is 12.1 Å². The Bertz CT molecular complexity index is 975. The molecular formula is C21H19N3O. The van der Waals surface area contributed by atoms with Gasteiger partial charge in [-0.3, -0.25) is 4.57 Å². The van der Waals surface area contributed by atoms with Gasteiger partial charge in [-0.2, -0.15) is 0 Å². The number of para-hydroxylation sites is 1. The van der Waals surface area contributed by atoms with Crippen LogP contribution in [0, 0.1) is 0 Å². The van der Waals surface area contributed by atoms with Crippen molar-refractivity contribution in [2.75, 3.05) is 12.4 Å². The number of rotatable bonds is 5. The van der Waals surface area contributed by atoms with Crippen LogP contribution >= 0.6 is 0 Å². The Morgan fingerprint density at radius 3 is 2.52 bits per heavy atom. The van der Waals surface area contributed by atoms with Crippen LogP contribution in [0.5, 0.6) is 5.75 Å². The highest BCUT2D eigenvalue weighted by atomic mass is 16.5. The second kappa shape index (κ2) is 6.69. The quantitative estimate of drug-likeness (QED) is 0.579. The monoisotopic (exact) mass is 329 g/mol. The summed E-state index contributed by atoms with van der Waals surface area (Å²) in [6.45, 7) is 0.759. The summed E-state index contributed by atoms with van der Waals surface area (Å²) in [5, 5.41) is 3.45. The molecule has 0 saturated carbocycles. The van der Waals surface area contributed by atoms with E-state index in [9.17, 15) is 0 Å². The van der Waals surface area contributed by atoms with Gasteiger partial charge in [0, 0.05) is 17.9 Å². The fourth-order valence-electron chi connectivity index (χ4n) is 2.86. The largest absolute Gasteiger partial charge is 0.497 e. The molecule has 25 heavy (non-hydrogen) atoms. The van der Waals surface area contributed by atoms with E-state index in [-0.39, 0.29) is 0 Å². The van der Waals surface area contributed by atoms with E-state index in [1.807, 2.05) is 36.7 Å². The summed E-state index contributed by atoms with van der Waals surface area (Å²) in [6.07, 6.45) is 1.87. The Morgan fingerprint density at radius 2 is 1.76 bits per heavy atom. The third kappa shape index (κ3) is 3.19. The molecule has 0 aliphatic carbocycles. The highest BCUT2D eigenvalue weighted by Crippen LogP contribution is 2.22. The van der Waals surface area contributed by atoms with Gasteiger partial charge in [-0.05, 0) is 48.0 Å². The maximum atomic E-state index is 5.19. The second-order valence-corrected chi connectivity index (χ2v) is 5.86. The molecule has 0 fully saturated rings. The van der Waals surface area contributed by atoms with Gasteiger partial charge in [0.05, 0.1) is 18.1 Å². The van der Waals surface area contributed by atoms with Gasteiger partial charge in [-0.1, -0.05) is 30.3 Å². The van der Waals surface area contributed by atoms with Crippen molar-refractivity contribution in [1.29, 1.82) is 0 Å². The first-order chi connectivity index (χ1) is 12.3. The fraction of sp³-hybridized carbons (Fsp3) is 0.0952. The molecule has 4 nitrogen and oxygen atoms in total. The lowest BCUT2D eigenvalue weighted by atomic mass is 10.2. The van der Waals surface area contributed by atoms with Gasteiger partial charge >= 0.3 is 0 Å². The molecule has 0 aliphatic rings. The zero-order valence-electron chi connectivity index (χ0n) is 14.0. The van der Waals surface area contributed by atoms with Crippen LogP contribution in [0.15, 0.2) is 79.1 Å². The Hall–Kier alpha value is -3.27. The normalized spacial score (nSPS) is 10.8. The van der Waals surface area contributed by atoms with Gasteiger partial charge in [0.2, 0.25) is 0 Å². The van der Waals surface area contributed by atoms with E-state index in [1.165, 1.54) is 5.56 Å². The van der Waals surface area contributed by atoms with Crippen molar-refractivity contribution in [1.82, 2.24) is 9.55 Å². The van der Waals surface area contributed by atoms with E-state index in [1.54, 1.807) is 7.11 Å². The molecule has 0 radical (unpaired) electrons. The van der Waals surface area contributed by atoms with Crippen LogP contribution < -0.4 is 10.1 Å². The number of anilines is 1. The van der Waals surface area contributed by atoms with Gasteiger partial charge < -0.3 is 10.1 Å². The molecule has 0 bridgehead atoms. The van der Waals surface area contributed by atoms with E-state index >= 15 is 0 Å². The van der Waals surface area contributed by atoms with Crippen LogP contribution in [0.25, 0.3) is 16.7 Å². The van der Waals surface area contributed by atoms with Gasteiger partial charge in [-0.15, -0.1) is 0 Å². The Kier molecular flexibility index (Phi) is 4.09. The van der Waals surface area contributed by atoms with Crippen molar-refractivity contribution in [3.63, 3.8) is 0 Å². The minimum atomic E-state index is 0.759. The summed E-state index contributed by atoms with van der Waals surface area (Å²) in [5.74, 6) is 0.872. The number of ether oxygens (including phenoxy) is 1. The third-order valence-corrected chi connectivity index (χ3v) is 4.24. The van der Waals surface area contributed by atoms with Crippen molar-refractivity contribution in [3.05, 3.63) is 84.7 Å². The van der Waals surface area contributed by atoms with Crippen molar-refractivity contribution >= 4 is 16.7 Å². The Labute approximate surface area is 146 Å². The fourth-order valence-corrected chi connectivity index (χ4v) is 2.86. The predicted octanol–water partition coefficient (Wildman–Crippen LogP) is 4.65. The van der Waals surface area contributed by atoms with E-state index < -0.39 is 0 Å². The van der Waals surface area contributed by atoms with E-state index in [0.717, 1.165) is 34.7 Å². The number of hydrogen-bond acceptors (Lipinski definition) is 3. The number of nitrogens with zero attached hydrogens (tertiary/aromatic N) is 2. The number of benzene rings is 3. The third-order valence-electron chi connectivity index (χ3n) is 4.24. The highest BCUT2D eigenvalue weighted by Gasteiger charge is 2.05. The molecule has 0 spiro atoms. The van der Waals surface area contributed by atoms with Gasteiger partial charge in [-0.25, -0.2) is 4.98 Å². The molecule has 1 N–H and O–H groups in total. The number of hydrogen-bond donors (Lipinski definition) is 1. The van der Waals surface area contributed by atoms with E-state index in [2.05, 4.69) is 57.3 Å². The molecular weight excluding hydrogens is 310 g/mol. The average Bonchev–Trinajstić information content (AvgIpc) is 3.10. The standard InChI is InChI=1S/C21H19N3O/c1-25-19-10-7-16(8-11-19)14-22-17-9-12-21-20(13-17)23-15-24(21)18-5-3-2-4-6-18/h2-13,15,22H,14H2,1H3. The van der Waals surface area contributed by atoms with Crippen molar-refractivity contribution in [2.45, 2.75) is 6.54 Å². The van der Waals surface area contributed by atoms with Crippen LogP contribution in [0.4, 0.5) is 5.69 Å². The molecule has 0 unspecified atom stereocenters. The van der Waals surface area contributed by atoms with Crippen LogP contribution in [-0.2, 0) is 6.54 Å². The van der Waals surface area contributed by atoms with Crippen LogP contribution in [0.3, 0.4) is 0 Å². The first-order valence-corrected chi connectivity index (χ1v) is 8.23. The summed E-state index contributed by atoms with van der Waals surface area (Å²) in [4.78, 5) is 4.54. The molecule has 124 valence electrons. The smallest absolute Gasteiger partial charge is 0.118 e. The van der Waals surface area contributed by atoms with E-state index in [0.29, 0.717) is 0 Å². The second-order valence-electron chi connectivity index (χ2n) is 5.86. The number of imidazole rings is 1. The van der Waals surface area contributed by atoms with Crippen molar-refractivity contribution < 1.29 is 4.74 Å². The van der Waals surface area contributed by atoms with E-state index in [4.69, 9.17) is 4.74 Å². The molecule has 1 heterocycles. The first-order valence-electron chi connectivity index (χ1n) is 8.23. The minimum Gasteiger partial charge on any atom is -0.497 e. The van der Waals surface area contributed by atoms with Gasteiger partial charge in [0.25, 0.3) is 0 Å². The van der Waals surface area contributed by atoms with Crippen molar-refractivity contribution in [3.8, 4) is 11.4 Å². The van der Waals surface area contributed by atoms with Gasteiger partial charge in [0.15, 0.2) is 0 Å². The SMILES string of the molecule is COc1ccc(CNc2ccc3c(c2)ncn3-c2ccccc2)cc1. The highest BCUT2D eigenvalue weighted by molar-refractivity contribution is 5.81. The molecule has 3 aromatic carbocycles. The zero-order chi connectivity index (χ0) is 17.1. The van der Waals surface area contributed by atoms with Crippen molar-refractivity contribution in [2.24, 2.45) is 0 Å². The number of nitrogens with one attached hydrogen (secondary N) is 1. The lowest BCUT2D eigenvalue weighted by molar-refractivity contribution is 0.414. The average molecular weight is 329 g/mol. The molecule has 0 aliphatic heterocycles. The molecule has 4 heteroatoms. The lowest BCUT2D eigenvalue weighted by Gasteiger charge is -2.08. The number of fused-ring (bicyclic) bond motifs is 1. The lowest BCUT2D eigenvalue weighted by Crippen LogP contribution is -1.99. The Balaban J connectivity index is 1.53. The molecule has 0 amide bonds. The zero-order valence-corrected chi connectivity index (χ0v) is 14.0. The molecule has 0 saturated heterocycles. The minimum absolute atomic E-state index is 0.759. The van der Waals surface area contributed by atoms with Crippen LogP contribution in [-0.4, -0.2) is 16.7 Å².